The average Bonchev–Trinajstić information content (AvgIpc) is 3.04. The SMILES string of the molecule is CC(C)Cc1cc(C(=O)Nc2cccc(C3SCCCS3)c2)n[nH]1. The second-order valence-corrected chi connectivity index (χ2v) is 9.11. The van der Waals surface area contributed by atoms with E-state index in [4.69, 9.17) is 0 Å². The van der Waals surface area contributed by atoms with Crippen LogP contribution in [0.3, 0.4) is 0 Å². The molecule has 1 aromatic carbocycles. The molecule has 1 fully saturated rings. The maximum atomic E-state index is 12.4. The van der Waals surface area contributed by atoms with Gasteiger partial charge in [-0.3, -0.25) is 9.89 Å². The molecule has 0 atom stereocenters. The molecule has 0 radical (unpaired) electrons. The Bertz CT molecular complexity index is 693. The Hall–Kier alpha value is -1.40. The minimum atomic E-state index is -0.164. The molecule has 2 aromatic rings. The predicted molar refractivity (Wildman–Crippen MR) is 104 cm³/mol. The third-order valence-corrected chi connectivity index (χ3v) is 6.75. The largest absolute Gasteiger partial charge is 0.321 e. The lowest BCUT2D eigenvalue weighted by Crippen LogP contribution is -2.12. The van der Waals surface area contributed by atoms with Gasteiger partial charge in [-0.25, -0.2) is 0 Å². The number of benzene rings is 1. The van der Waals surface area contributed by atoms with Gasteiger partial charge in [0.15, 0.2) is 5.69 Å². The molecule has 1 saturated heterocycles. The number of hydrogen-bond donors (Lipinski definition) is 2. The molecular weight excluding hydrogens is 338 g/mol. The first-order chi connectivity index (χ1) is 11.6. The molecule has 0 spiro atoms. The third kappa shape index (κ3) is 4.57. The minimum Gasteiger partial charge on any atom is -0.321 e. The monoisotopic (exact) mass is 361 g/mol. The molecule has 2 heterocycles. The van der Waals surface area contributed by atoms with Crippen LogP contribution in [0, 0.1) is 5.92 Å². The summed E-state index contributed by atoms with van der Waals surface area (Å²) in [6.45, 7) is 4.29. The third-order valence-electron chi connectivity index (χ3n) is 3.74. The van der Waals surface area contributed by atoms with Crippen molar-refractivity contribution in [3.63, 3.8) is 0 Å². The maximum Gasteiger partial charge on any atom is 0.276 e. The van der Waals surface area contributed by atoms with Crippen molar-refractivity contribution in [3.8, 4) is 0 Å². The zero-order valence-corrected chi connectivity index (χ0v) is 15.7. The van der Waals surface area contributed by atoms with Gasteiger partial charge in [-0.1, -0.05) is 26.0 Å². The first-order valence-corrected chi connectivity index (χ1v) is 10.4. The van der Waals surface area contributed by atoms with Crippen LogP contribution in [0.2, 0.25) is 0 Å². The van der Waals surface area contributed by atoms with Gasteiger partial charge in [0.1, 0.15) is 0 Å². The van der Waals surface area contributed by atoms with Gasteiger partial charge in [-0.05, 0) is 54.0 Å². The fourth-order valence-corrected chi connectivity index (χ4v) is 5.53. The van der Waals surface area contributed by atoms with Crippen molar-refractivity contribution in [2.75, 3.05) is 16.8 Å². The summed E-state index contributed by atoms with van der Waals surface area (Å²) in [5.74, 6) is 2.78. The molecule has 0 bridgehead atoms. The van der Waals surface area contributed by atoms with Crippen molar-refractivity contribution in [3.05, 3.63) is 47.3 Å². The van der Waals surface area contributed by atoms with Crippen LogP contribution in [-0.2, 0) is 6.42 Å². The van der Waals surface area contributed by atoms with E-state index in [9.17, 15) is 4.79 Å². The fraction of sp³-hybridized carbons (Fsp3) is 0.444. The Balaban J connectivity index is 1.66. The molecular formula is C18H23N3OS2. The molecule has 0 aliphatic carbocycles. The van der Waals surface area contributed by atoms with Gasteiger partial charge < -0.3 is 5.32 Å². The molecule has 1 aliphatic rings. The molecule has 0 saturated carbocycles. The van der Waals surface area contributed by atoms with Gasteiger partial charge in [0.2, 0.25) is 0 Å². The van der Waals surface area contributed by atoms with E-state index in [2.05, 4.69) is 41.5 Å². The highest BCUT2D eigenvalue weighted by atomic mass is 32.2. The van der Waals surface area contributed by atoms with Gasteiger partial charge in [-0.2, -0.15) is 5.10 Å². The zero-order valence-electron chi connectivity index (χ0n) is 14.0. The van der Waals surface area contributed by atoms with Crippen LogP contribution in [0.1, 0.15) is 46.6 Å². The number of nitrogens with zero attached hydrogens (tertiary/aromatic N) is 1. The first-order valence-electron chi connectivity index (χ1n) is 8.30. The summed E-state index contributed by atoms with van der Waals surface area (Å²) in [4.78, 5) is 12.4. The summed E-state index contributed by atoms with van der Waals surface area (Å²) in [6.07, 6.45) is 2.17. The van der Waals surface area contributed by atoms with Crippen molar-refractivity contribution in [1.82, 2.24) is 10.2 Å². The normalized spacial score (nSPS) is 15.6. The quantitative estimate of drug-likeness (QED) is 0.808. The number of carbonyl (C=O) groups is 1. The maximum absolute atomic E-state index is 12.4. The molecule has 1 amide bonds. The molecule has 4 nitrogen and oxygen atoms in total. The van der Waals surface area contributed by atoms with E-state index in [0.29, 0.717) is 16.2 Å². The average molecular weight is 362 g/mol. The van der Waals surface area contributed by atoms with E-state index in [1.807, 2.05) is 41.7 Å². The van der Waals surface area contributed by atoms with E-state index in [0.717, 1.165) is 17.8 Å². The standard InChI is InChI=1S/C18H23N3OS2/c1-12(2)9-15-11-16(21-20-15)17(22)19-14-6-3-5-13(10-14)18-23-7-4-8-24-18/h3,5-6,10-12,18H,4,7-9H2,1-2H3,(H,19,22)(H,20,21). The molecule has 2 N–H and O–H groups in total. The lowest BCUT2D eigenvalue weighted by atomic mass is 10.1. The summed E-state index contributed by atoms with van der Waals surface area (Å²) in [7, 11) is 0. The van der Waals surface area contributed by atoms with Crippen LogP contribution in [-0.4, -0.2) is 27.6 Å². The highest BCUT2D eigenvalue weighted by Crippen LogP contribution is 2.44. The van der Waals surface area contributed by atoms with Crippen LogP contribution in [0.25, 0.3) is 0 Å². The Morgan fingerprint density at radius 2 is 2.12 bits per heavy atom. The van der Waals surface area contributed by atoms with Gasteiger partial charge in [0.25, 0.3) is 5.91 Å². The highest BCUT2D eigenvalue weighted by Gasteiger charge is 2.17. The molecule has 1 aromatic heterocycles. The number of aromatic amines is 1. The molecule has 1 aliphatic heterocycles. The van der Waals surface area contributed by atoms with Crippen molar-refractivity contribution in [1.29, 1.82) is 0 Å². The Morgan fingerprint density at radius 1 is 1.33 bits per heavy atom. The summed E-state index contributed by atoms with van der Waals surface area (Å²) in [6, 6.07) is 10.00. The number of rotatable bonds is 5. The molecule has 6 heteroatoms. The van der Waals surface area contributed by atoms with Gasteiger partial charge in [-0.15, -0.1) is 23.5 Å². The minimum absolute atomic E-state index is 0.164. The van der Waals surface area contributed by atoms with Crippen LogP contribution >= 0.6 is 23.5 Å². The summed E-state index contributed by atoms with van der Waals surface area (Å²) in [5.41, 5.74) is 3.54. The number of anilines is 1. The van der Waals surface area contributed by atoms with Gasteiger partial charge >= 0.3 is 0 Å². The Labute approximate surface area is 151 Å². The van der Waals surface area contributed by atoms with Gasteiger partial charge in [0, 0.05) is 11.4 Å². The topological polar surface area (TPSA) is 57.8 Å². The number of carbonyl (C=O) groups excluding carboxylic acids is 1. The van der Waals surface area contributed by atoms with Gasteiger partial charge in [0.05, 0.1) is 4.58 Å². The Kier molecular flexibility index (Phi) is 5.89. The summed E-state index contributed by atoms with van der Waals surface area (Å²) >= 11 is 3.96. The lowest BCUT2D eigenvalue weighted by Gasteiger charge is -2.21. The van der Waals surface area contributed by atoms with Crippen molar-refractivity contribution in [2.24, 2.45) is 5.92 Å². The second kappa shape index (κ2) is 8.12. The van der Waals surface area contributed by atoms with Crippen LogP contribution in [0.5, 0.6) is 0 Å². The summed E-state index contributed by atoms with van der Waals surface area (Å²) in [5, 5.41) is 10.0. The molecule has 24 heavy (non-hydrogen) atoms. The number of thioether (sulfide) groups is 2. The van der Waals surface area contributed by atoms with Crippen molar-refractivity contribution in [2.45, 2.75) is 31.3 Å². The van der Waals surface area contributed by atoms with Crippen molar-refractivity contribution >= 4 is 35.1 Å². The molecule has 128 valence electrons. The number of H-pyrrole nitrogens is 1. The highest BCUT2D eigenvalue weighted by molar-refractivity contribution is 8.16. The van der Waals surface area contributed by atoms with Crippen molar-refractivity contribution < 1.29 is 4.79 Å². The zero-order chi connectivity index (χ0) is 16.9. The smallest absolute Gasteiger partial charge is 0.276 e. The lowest BCUT2D eigenvalue weighted by molar-refractivity contribution is 0.102. The van der Waals surface area contributed by atoms with Crippen LogP contribution < -0.4 is 5.32 Å². The van der Waals surface area contributed by atoms with E-state index in [1.165, 1.54) is 23.5 Å². The molecule has 0 unspecified atom stereocenters. The van der Waals surface area contributed by atoms with E-state index in [1.54, 1.807) is 0 Å². The second-order valence-electron chi connectivity index (χ2n) is 6.38. The predicted octanol–water partition coefficient (Wildman–Crippen LogP) is 4.73. The van der Waals surface area contributed by atoms with E-state index in [-0.39, 0.29) is 5.91 Å². The fourth-order valence-electron chi connectivity index (χ4n) is 2.66. The number of amides is 1. The molecule has 3 rings (SSSR count). The Morgan fingerprint density at radius 3 is 2.88 bits per heavy atom. The van der Waals surface area contributed by atoms with Crippen LogP contribution in [0.15, 0.2) is 30.3 Å². The number of nitrogens with one attached hydrogen (secondary N) is 2. The number of hydrogen-bond acceptors (Lipinski definition) is 4. The van der Waals surface area contributed by atoms with E-state index >= 15 is 0 Å². The van der Waals surface area contributed by atoms with E-state index < -0.39 is 0 Å². The summed E-state index contributed by atoms with van der Waals surface area (Å²) < 4.78 is 0.471. The first kappa shape index (κ1) is 17.4. The number of aromatic nitrogens is 2. The van der Waals surface area contributed by atoms with Crippen LogP contribution in [0.4, 0.5) is 5.69 Å².